The Balaban J connectivity index is 1.83. The van der Waals surface area contributed by atoms with Crippen molar-refractivity contribution in [2.24, 2.45) is 5.73 Å². The first kappa shape index (κ1) is 18.5. The first-order valence-electron chi connectivity index (χ1n) is 8.87. The molecule has 1 fully saturated rings. The SMILES string of the molecule is C[C@H](c1ccc(Cl)cn1)n1c(N2CC[C@@H](F)[C@H](N)C2)nc2cc(Cl)ccc21. The molecule has 0 saturated carbocycles. The molecule has 4 rings (SSSR count). The van der Waals surface area contributed by atoms with Crippen LogP contribution in [0.4, 0.5) is 10.3 Å². The molecular weight excluding hydrogens is 388 g/mol. The normalized spacial score (nSPS) is 21.6. The lowest BCUT2D eigenvalue weighted by atomic mass is 10.1. The fraction of sp³-hybridized carbons (Fsp3) is 0.368. The van der Waals surface area contributed by atoms with E-state index in [9.17, 15) is 4.39 Å². The van der Waals surface area contributed by atoms with E-state index in [1.165, 1.54) is 0 Å². The average molecular weight is 408 g/mol. The Morgan fingerprint density at radius 1 is 1.22 bits per heavy atom. The Hall–Kier alpha value is -1.89. The van der Waals surface area contributed by atoms with Gasteiger partial charge in [-0.05, 0) is 43.7 Å². The van der Waals surface area contributed by atoms with Crippen LogP contribution in [0.15, 0.2) is 36.5 Å². The van der Waals surface area contributed by atoms with E-state index in [-0.39, 0.29) is 6.04 Å². The smallest absolute Gasteiger partial charge is 0.207 e. The summed E-state index contributed by atoms with van der Waals surface area (Å²) in [5.41, 5.74) is 8.56. The molecular formula is C19H20Cl2FN5. The number of pyridine rings is 1. The van der Waals surface area contributed by atoms with Crippen LogP contribution in [0.1, 0.15) is 25.1 Å². The van der Waals surface area contributed by atoms with Gasteiger partial charge >= 0.3 is 0 Å². The van der Waals surface area contributed by atoms with Crippen LogP contribution in [0.5, 0.6) is 0 Å². The number of hydrogen-bond acceptors (Lipinski definition) is 4. The number of aromatic nitrogens is 3. The van der Waals surface area contributed by atoms with Crippen molar-refractivity contribution in [2.75, 3.05) is 18.0 Å². The van der Waals surface area contributed by atoms with E-state index in [1.807, 2.05) is 35.2 Å². The van der Waals surface area contributed by atoms with Gasteiger partial charge in [0.2, 0.25) is 5.95 Å². The van der Waals surface area contributed by atoms with Gasteiger partial charge in [0.25, 0.3) is 0 Å². The molecule has 3 aromatic rings. The predicted molar refractivity (Wildman–Crippen MR) is 108 cm³/mol. The summed E-state index contributed by atoms with van der Waals surface area (Å²) >= 11 is 12.1. The lowest BCUT2D eigenvalue weighted by Crippen LogP contribution is -2.50. The minimum absolute atomic E-state index is 0.0947. The molecule has 2 aromatic heterocycles. The zero-order valence-electron chi connectivity index (χ0n) is 14.8. The molecule has 0 amide bonds. The molecule has 142 valence electrons. The van der Waals surface area contributed by atoms with E-state index in [0.717, 1.165) is 22.7 Å². The van der Waals surface area contributed by atoms with Gasteiger partial charge in [-0.1, -0.05) is 23.2 Å². The number of nitrogens with two attached hydrogens (primary N) is 1. The van der Waals surface area contributed by atoms with Crippen LogP contribution in [0, 0.1) is 0 Å². The number of imidazole rings is 1. The number of benzene rings is 1. The minimum atomic E-state index is -0.983. The summed E-state index contributed by atoms with van der Waals surface area (Å²) in [7, 11) is 0. The fourth-order valence-electron chi connectivity index (χ4n) is 3.57. The van der Waals surface area contributed by atoms with Crippen LogP contribution >= 0.6 is 23.2 Å². The van der Waals surface area contributed by atoms with Crippen molar-refractivity contribution in [3.63, 3.8) is 0 Å². The van der Waals surface area contributed by atoms with E-state index in [0.29, 0.717) is 29.6 Å². The van der Waals surface area contributed by atoms with Crippen molar-refractivity contribution < 1.29 is 4.39 Å². The van der Waals surface area contributed by atoms with E-state index < -0.39 is 12.2 Å². The van der Waals surface area contributed by atoms with Crippen molar-refractivity contribution in [1.29, 1.82) is 0 Å². The van der Waals surface area contributed by atoms with Crippen LogP contribution in [-0.2, 0) is 0 Å². The van der Waals surface area contributed by atoms with Gasteiger partial charge in [-0.3, -0.25) is 4.98 Å². The van der Waals surface area contributed by atoms with Gasteiger partial charge < -0.3 is 15.2 Å². The maximum absolute atomic E-state index is 13.9. The van der Waals surface area contributed by atoms with Crippen LogP contribution in [0.2, 0.25) is 10.0 Å². The quantitative estimate of drug-likeness (QED) is 0.705. The summed E-state index contributed by atoms with van der Waals surface area (Å²) in [5.74, 6) is 0.749. The first-order chi connectivity index (χ1) is 12.9. The molecule has 5 nitrogen and oxygen atoms in total. The van der Waals surface area contributed by atoms with Gasteiger partial charge in [0, 0.05) is 24.3 Å². The van der Waals surface area contributed by atoms with Crippen molar-refractivity contribution in [1.82, 2.24) is 14.5 Å². The Labute approximate surface area is 166 Å². The summed E-state index contributed by atoms with van der Waals surface area (Å²) in [6, 6.07) is 8.72. The van der Waals surface area contributed by atoms with Crippen molar-refractivity contribution >= 4 is 40.2 Å². The summed E-state index contributed by atoms with van der Waals surface area (Å²) in [6.07, 6.45) is 1.04. The maximum atomic E-state index is 13.9. The number of piperidine rings is 1. The van der Waals surface area contributed by atoms with Gasteiger partial charge in [-0.15, -0.1) is 0 Å². The fourth-order valence-corrected chi connectivity index (χ4v) is 3.84. The molecule has 0 aliphatic carbocycles. The second kappa shape index (κ2) is 7.26. The molecule has 27 heavy (non-hydrogen) atoms. The van der Waals surface area contributed by atoms with Crippen LogP contribution in [0.3, 0.4) is 0 Å². The van der Waals surface area contributed by atoms with Crippen LogP contribution in [0.25, 0.3) is 11.0 Å². The number of halogens is 3. The Kier molecular flexibility index (Phi) is 4.97. The molecule has 0 spiro atoms. The van der Waals surface area contributed by atoms with Gasteiger partial charge in [0.1, 0.15) is 6.17 Å². The monoisotopic (exact) mass is 407 g/mol. The van der Waals surface area contributed by atoms with Gasteiger partial charge in [-0.2, -0.15) is 0 Å². The summed E-state index contributed by atoms with van der Waals surface area (Å²) in [5, 5.41) is 1.21. The lowest BCUT2D eigenvalue weighted by molar-refractivity contribution is 0.243. The van der Waals surface area contributed by atoms with Gasteiger partial charge in [0.15, 0.2) is 0 Å². The molecule has 1 aliphatic rings. The Bertz CT molecular complexity index is 959. The number of alkyl halides is 1. The molecule has 3 heterocycles. The maximum Gasteiger partial charge on any atom is 0.207 e. The minimum Gasteiger partial charge on any atom is -0.340 e. The molecule has 1 aromatic carbocycles. The largest absolute Gasteiger partial charge is 0.340 e. The first-order valence-corrected chi connectivity index (χ1v) is 9.63. The number of rotatable bonds is 3. The Morgan fingerprint density at radius 2 is 2.00 bits per heavy atom. The van der Waals surface area contributed by atoms with Crippen LogP contribution in [-0.4, -0.2) is 39.8 Å². The highest BCUT2D eigenvalue weighted by Crippen LogP contribution is 2.32. The molecule has 0 bridgehead atoms. The molecule has 0 radical (unpaired) electrons. The number of hydrogen-bond donors (Lipinski definition) is 1. The third kappa shape index (κ3) is 3.49. The molecule has 3 atom stereocenters. The van der Waals surface area contributed by atoms with E-state index in [1.54, 1.807) is 6.20 Å². The lowest BCUT2D eigenvalue weighted by Gasteiger charge is -2.34. The van der Waals surface area contributed by atoms with E-state index >= 15 is 0 Å². The molecule has 2 N–H and O–H groups in total. The van der Waals surface area contributed by atoms with Gasteiger partial charge in [-0.25, -0.2) is 9.37 Å². The number of nitrogens with zero attached hydrogens (tertiary/aromatic N) is 4. The van der Waals surface area contributed by atoms with Crippen LogP contribution < -0.4 is 10.6 Å². The highest BCUT2D eigenvalue weighted by atomic mass is 35.5. The van der Waals surface area contributed by atoms with Crippen molar-refractivity contribution in [2.45, 2.75) is 31.6 Å². The van der Waals surface area contributed by atoms with Gasteiger partial charge in [0.05, 0.1) is 33.8 Å². The Morgan fingerprint density at radius 3 is 2.70 bits per heavy atom. The summed E-state index contributed by atoms with van der Waals surface area (Å²) in [6.45, 7) is 3.03. The standard InChI is InChI=1S/C19H20Cl2FN5/c1-11(16-4-2-13(21)9-24-16)27-18-5-3-12(20)8-17(18)25-19(27)26-7-6-14(22)15(23)10-26/h2-5,8-9,11,14-15H,6-7,10,23H2,1H3/t11-,14-,15-/m1/s1. The third-order valence-electron chi connectivity index (χ3n) is 5.05. The van der Waals surface area contributed by atoms with E-state index in [2.05, 4.69) is 16.5 Å². The molecule has 1 aliphatic heterocycles. The highest BCUT2D eigenvalue weighted by molar-refractivity contribution is 6.31. The molecule has 1 saturated heterocycles. The topological polar surface area (TPSA) is 60.0 Å². The van der Waals surface area contributed by atoms with Crippen molar-refractivity contribution in [3.8, 4) is 0 Å². The average Bonchev–Trinajstić information content (AvgIpc) is 3.02. The van der Waals surface area contributed by atoms with Crippen molar-refractivity contribution in [3.05, 3.63) is 52.3 Å². The second-order valence-electron chi connectivity index (χ2n) is 6.91. The summed E-state index contributed by atoms with van der Waals surface area (Å²) in [4.78, 5) is 11.3. The zero-order valence-corrected chi connectivity index (χ0v) is 16.3. The third-order valence-corrected chi connectivity index (χ3v) is 5.51. The van der Waals surface area contributed by atoms with E-state index in [4.69, 9.17) is 33.9 Å². The zero-order chi connectivity index (χ0) is 19.1. The predicted octanol–water partition coefficient (Wildman–Crippen LogP) is 4.22. The number of fused-ring (bicyclic) bond motifs is 1. The summed E-state index contributed by atoms with van der Waals surface area (Å²) < 4.78 is 16.0. The second-order valence-corrected chi connectivity index (χ2v) is 7.78. The highest BCUT2D eigenvalue weighted by Gasteiger charge is 2.30. The molecule has 8 heteroatoms. The number of anilines is 1. The molecule has 0 unspecified atom stereocenters.